The van der Waals surface area contributed by atoms with Gasteiger partial charge in [-0.2, -0.15) is 0 Å². The van der Waals surface area contributed by atoms with Gasteiger partial charge in [-0.25, -0.2) is 9.97 Å². The Labute approximate surface area is 147 Å². The first-order chi connectivity index (χ1) is 11.8. The molecular formula is C17H12ClN5S. The van der Waals surface area contributed by atoms with Gasteiger partial charge in [0.2, 0.25) is 0 Å². The van der Waals surface area contributed by atoms with E-state index in [2.05, 4.69) is 25.5 Å². The van der Waals surface area contributed by atoms with Crippen LogP contribution in [0.1, 0.15) is 5.01 Å². The van der Waals surface area contributed by atoms with E-state index in [1.54, 1.807) is 11.3 Å². The largest absolute Gasteiger partial charge is 0.363 e. The monoisotopic (exact) mass is 353 g/mol. The Morgan fingerprint density at radius 2 is 1.88 bits per heavy atom. The van der Waals surface area contributed by atoms with Gasteiger partial charge in [0.05, 0.1) is 12.1 Å². The van der Waals surface area contributed by atoms with Crippen molar-refractivity contribution in [1.29, 1.82) is 0 Å². The first-order valence-corrected chi connectivity index (χ1v) is 8.51. The third-order valence-electron chi connectivity index (χ3n) is 3.49. The number of anilines is 1. The third kappa shape index (κ3) is 3.06. The average Bonchev–Trinajstić information content (AvgIpc) is 3.09. The van der Waals surface area contributed by atoms with Gasteiger partial charge in [0.15, 0.2) is 0 Å². The summed E-state index contributed by atoms with van der Waals surface area (Å²) < 4.78 is 0. The van der Waals surface area contributed by atoms with Gasteiger partial charge >= 0.3 is 0 Å². The fourth-order valence-electron chi connectivity index (χ4n) is 2.35. The Hall–Kier alpha value is -2.57. The predicted molar refractivity (Wildman–Crippen MR) is 97.2 cm³/mol. The van der Waals surface area contributed by atoms with Crippen LogP contribution in [0.2, 0.25) is 5.02 Å². The minimum absolute atomic E-state index is 0.555. The van der Waals surface area contributed by atoms with Crippen molar-refractivity contribution in [2.45, 2.75) is 6.54 Å². The molecule has 1 N–H and O–H groups in total. The quantitative estimate of drug-likeness (QED) is 0.588. The summed E-state index contributed by atoms with van der Waals surface area (Å²) in [6.07, 6.45) is 1.52. The molecule has 0 saturated carbocycles. The molecule has 0 atom stereocenters. The fourth-order valence-corrected chi connectivity index (χ4v) is 3.30. The molecule has 118 valence electrons. The zero-order valence-corrected chi connectivity index (χ0v) is 14.1. The van der Waals surface area contributed by atoms with E-state index in [4.69, 9.17) is 11.6 Å². The Morgan fingerprint density at radius 1 is 1.00 bits per heavy atom. The molecule has 0 aliphatic heterocycles. The maximum atomic E-state index is 6.01. The Morgan fingerprint density at radius 3 is 2.75 bits per heavy atom. The van der Waals surface area contributed by atoms with Crippen molar-refractivity contribution < 1.29 is 0 Å². The number of nitrogens with zero attached hydrogens (tertiary/aromatic N) is 4. The van der Waals surface area contributed by atoms with Crippen LogP contribution in [0.25, 0.3) is 21.5 Å². The summed E-state index contributed by atoms with van der Waals surface area (Å²) in [5.74, 6) is 0.758. The van der Waals surface area contributed by atoms with E-state index in [-0.39, 0.29) is 0 Å². The number of aromatic nitrogens is 4. The molecule has 2 aromatic heterocycles. The van der Waals surface area contributed by atoms with Crippen molar-refractivity contribution in [3.05, 3.63) is 64.9 Å². The van der Waals surface area contributed by atoms with Crippen LogP contribution in [-0.4, -0.2) is 20.2 Å². The molecule has 7 heteroatoms. The molecule has 0 aliphatic rings. The lowest BCUT2D eigenvalue weighted by Crippen LogP contribution is -2.02. The van der Waals surface area contributed by atoms with E-state index < -0.39 is 0 Å². The van der Waals surface area contributed by atoms with Crippen LogP contribution >= 0.6 is 22.9 Å². The molecule has 0 spiro atoms. The summed E-state index contributed by atoms with van der Waals surface area (Å²) in [4.78, 5) is 8.55. The van der Waals surface area contributed by atoms with Crippen LogP contribution in [0, 0.1) is 0 Å². The minimum atomic E-state index is 0.555. The smallest absolute Gasteiger partial charge is 0.147 e. The van der Waals surface area contributed by atoms with Crippen molar-refractivity contribution >= 4 is 39.7 Å². The molecule has 0 saturated heterocycles. The third-order valence-corrected chi connectivity index (χ3v) is 4.70. The molecule has 0 amide bonds. The highest BCUT2D eigenvalue weighted by molar-refractivity contribution is 7.14. The van der Waals surface area contributed by atoms with E-state index in [1.165, 1.54) is 6.33 Å². The summed E-state index contributed by atoms with van der Waals surface area (Å²) in [5, 5.41) is 15.2. The van der Waals surface area contributed by atoms with Crippen molar-refractivity contribution in [2.75, 3.05) is 5.32 Å². The molecule has 0 unspecified atom stereocenters. The molecule has 24 heavy (non-hydrogen) atoms. The molecule has 0 bridgehead atoms. The summed E-state index contributed by atoms with van der Waals surface area (Å²) in [7, 11) is 0. The first kappa shape index (κ1) is 15.0. The maximum absolute atomic E-state index is 6.01. The summed E-state index contributed by atoms with van der Waals surface area (Å²) >= 11 is 7.57. The van der Waals surface area contributed by atoms with Gasteiger partial charge in [0, 0.05) is 16.0 Å². The lowest BCUT2D eigenvalue weighted by Gasteiger charge is -2.06. The van der Waals surface area contributed by atoms with E-state index >= 15 is 0 Å². The van der Waals surface area contributed by atoms with Gasteiger partial charge in [-0.05, 0) is 18.2 Å². The van der Waals surface area contributed by atoms with Crippen molar-refractivity contribution in [1.82, 2.24) is 20.2 Å². The van der Waals surface area contributed by atoms with E-state index in [1.807, 2.05) is 48.5 Å². The van der Waals surface area contributed by atoms with Gasteiger partial charge in [0.25, 0.3) is 0 Å². The molecule has 0 radical (unpaired) electrons. The minimum Gasteiger partial charge on any atom is -0.363 e. The number of nitrogens with one attached hydrogen (secondary N) is 1. The van der Waals surface area contributed by atoms with Gasteiger partial charge < -0.3 is 5.32 Å². The number of hydrogen-bond donors (Lipinski definition) is 1. The second-order valence-corrected chi connectivity index (χ2v) is 6.60. The SMILES string of the molecule is Clc1ccc2c(NCc3nnc(-c4ccccc4)s3)ncnc2c1. The van der Waals surface area contributed by atoms with Gasteiger partial charge in [0.1, 0.15) is 22.2 Å². The van der Waals surface area contributed by atoms with E-state index in [0.717, 1.165) is 32.3 Å². The van der Waals surface area contributed by atoms with Gasteiger partial charge in [-0.15, -0.1) is 10.2 Å². The molecule has 2 aromatic carbocycles. The molecule has 0 fully saturated rings. The Balaban J connectivity index is 1.55. The van der Waals surface area contributed by atoms with Crippen LogP contribution in [0.15, 0.2) is 54.9 Å². The predicted octanol–water partition coefficient (Wildman–Crippen LogP) is 4.41. The molecule has 0 aliphatic carbocycles. The second-order valence-electron chi connectivity index (χ2n) is 5.10. The number of hydrogen-bond acceptors (Lipinski definition) is 6. The maximum Gasteiger partial charge on any atom is 0.147 e. The van der Waals surface area contributed by atoms with Crippen molar-refractivity contribution in [3.8, 4) is 10.6 Å². The average molecular weight is 354 g/mol. The van der Waals surface area contributed by atoms with E-state index in [9.17, 15) is 0 Å². The topological polar surface area (TPSA) is 63.6 Å². The number of rotatable bonds is 4. The highest BCUT2D eigenvalue weighted by Crippen LogP contribution is 2.25. The highest BCUT2D eigenvalue weighted by atomic mass is 35.5. The van der Waals surface area contributed by atoms with Crippen molar-refractivity contribution in [2.24, 2.45) is 0 Å². The zero-order chi connectivity index (χ0) is 16.4. The van der Waals surface area contributed by atoms with Crippen molar-refractivity contribution in [3.63, 3.8) is 0 Å². The fraction of sp³-hybridized carbons (Fsp3) is 0.0588. The highest BCUT2D eigenvalue weighted by Gasteiger charge is 2.08. The Kier molecular flexibility index (Phi) is 4.06. The molecule has 5 nitrogen and oxygen atoms in total. The Bertz CT molecular complexity index is 987. The summed E-state index contributed by atoms with van der Waals surface area (Å²) in [5.41, 5.74) is 1.88. The molecule has 2 heterocycles. The first-order valence-electron chi connectivity index (χ1n) is 7.31. The number of fused-ring (bicyclic) bond motifs is 1. The summed E-state index contributed by atoms with van der Waals surface area (Å²) in [6, 6.07) is 15.6. The lowest BCUT2D eigenvalue weighted by molar-refractivity contribution is 0.985. The lowest BCUT2D eigenvalue weighted by atomic mass is 10.2. The normalized spacial score (nSPS) is 10.9. The number of benzene rings is 2. The number of halogens is 1. The molecular weight excluding hydrogens is 342 g/mol. The second kappa shape index (κ2) is 6.51. The zero-order valence-electron chi connectivity index (χ0n) is 12.5. The summed E-state index contributed by atoms with van der Waals surface area (Å²) in [6.45, 7) is 0.555. The van der Waals surface area contributed by atoms with Crippen LogP contribution < -0.4 is 5.32 Å². The van der Waals surface area contributed by atoms with Gasteiger partial charge in [-0.1, -0.05) is 53.3 Å². The standard InChI is InChI=1S/C17H12ClN5S/c18-12-6-7-13-14(8-12)20-10-21-16(13)19-9-15-22-23-17(24-15)11-4-2-1-3-5-11/h1-8,10H,9H2,(H,19,20,21). The van der Waals surface area contributed by atoms with E-state index in [0.29, 0.717) is 11.6 Å². The van der Waals surface area contributed by atoms with Crippen LogP contribution in [0.3, 0.4) is 0 Å². The molecule has 4 aromatic rings. The van der Waals surface area contributed by atoms with Gasteiger partial charge in [-0.3, -0.25) is 0 Å². The molecule has 4 rings (SSSR count). The van der Waals surface area contributed by atoms with Crippen LogP contribution in [0.4, 0.5) is 5.82 Å². The van der Waals surface area contributed by atoms with Crippen LogP contribution in [0.5, 0.6) is 0 Å². The van der Waals surface area contributed by atoms with Crippen LogP contribution in [-0.2, 0) is 6.54 Å².